The number of hydrogen-bond donors (Lipinski definition) is 0. The van der Waals surface area contributed by atoms with Gasteiger partial charge < -0.3 is 9.47 Å². The van der Waals surface area contributed by atoms with Crippen LogP contribution in [0, 0.1) is 12.3 Å². The first-order chi connectivity index (χ1) is 13.9. The molecule has 0 aliphatic carbocycles. The Bertz CT molecular complexity index is 1020. The van der Waals surface area contributed by atoms with Gasteiger partial charge in [0.25, 0.3) is 0 Å². The van der Waals surface area contributed by atoms with E-state index in [0.29, 0.717) is 23.5 Å². The standard InChI is InChI=1S/C26H24O3/c1-5-20-17-23(15-16-24(20)28-18-19-9-7-6-8-10-19)21-11-13-22(14-12-21)25(27)29-26(2,3)4/h1,6-17H,18H2,2-4H3. The van der Waals surface area contributed by atoms with E-state index in [-0.39, 0.29) is 5.97 Å². The lowest BCUT2D eigenvalue weighted by Gasteiger charge is -2.19. The molecule has 3 rings (SSSR count). The van der Waals surface area contributed by atoms with Gasteiger partial charge in [0.15, 0.2) is 0 Å². The van der Waals surface area contributed by atoms with E-state index < -0.39 is 5.60 Å². The topological polar surface area (TPSA) is 35.5 Å². The summed E-state index contributed by atoms with van der Waals surface area (Å²) in [6.07, 6.45) is 5.70. The summed E-state index contributed by atoms with van der Waals surface area (Å²) < 4.78 is 11.3. The Morgan fingerprint density at radius 2 is 1.59 bits per heavy atom. The highest BCUT2D eigenvalue weighted by Crippen LogP contribution is 2.27. The minimum atomic E-state index is -0.521. The summed E-state index contributed by atoms with van der Waals surface area (Å²) in [5.74, 6) is 3.03. The Labute approximate surface area is 172 Å². The molecule has 0 aromatic heterocycles. The monoisotopic (exact) mass is 384 g/mol. The summed E-state index contributed by atoms with van der Waals surface area (Å²) in [4.78, 5) is 12.2. The number of esters is 1. The van der Waals surface area contributed by atoms with Gasteiger partial charge in [-0.15, -0.1) is 6.42 Å². The maximum atomic E-state index is 12.2. The molecular weight excluding hydrogens is 360 g/mol. The highest BCUT2D eigenvalue weighted by molar-refractivity contribution is 5.90. The van der Waals surface area contributed by atoms with Gasteiger partial charge >= 0.3 is 5.97 Å². The number of benzene rings is 3. The molecule has 0 heterocycles. The molecule has 3 aromatic rings. The first-order valence-corrected chi connectivity index (χ1v) is 9.47. The van der Waals surface area contributed by atoms with Crippen molar-refractivity contribution in [2.24, 2.45) is 0 Å². The molecule has 3 nitrogen and oxygen atoms in total. The Morgan fingerprint density at radius 3 is 2.21 bits per heavy atom. The molecule has 0 N–H and O–H groups in total. The zero-order chi connectivity index (χ0) is 20.9. The molecule has 29 heavy (non-hydrogen) atoms. The third-order valence-corrected chi connectivity index (χ3v) is 4.23. The number of terminal acetylenes is 1. The van der Waals surface area contributed by atoms with Crippen molar-refractivity contribution in [3.05, 3.63) is 89.5 Å². The molecule has 0 radical (unpaired) electrons. The van der Waals surface area contributed by atoms with Crippen molar-refractivity contribution in [3.8, 4) is 29.2 Å². The van der Waals surface area contributed by atoms with Crippen LogP contribution in [-0.2, 0) is 11.3 Å². The third kappa shape index (κ3) is 5.49. The summed E-state index contributed by atoms with van der Waals surface area (Å²) in [7, 11) is 0. The normalized spacial score (nSPS) is 10.8. The van der Waals surface area contributed by atoms with E-state index in [1.165, 1.54) is 0 Å². The lowest BCUT2D eigenvalue weighted by Crippen LogP contribution is -2.23. The van der Waals surface area contributed by atoms with Gasteiger partial charge in [-0.05, 0) is 61.7 Å². The lowest BCUT2D eigenvalue weighted by atomic mass is 10.0. The lowest BCUT2D eigenvalue weighted by molar-refractivity contribution is 0.00695. The minimum Gasteiger partial charge on any atom is -0.488 e. The van der Waals surface area contributed by atoms with Crippen LogP contribution in [0.25, 0.3) is 11.1 Å². The molecule has 0 fully saturated rings. The molecular formula is C26H24O3. The van der Waals surface area contributed by atoms with Gasteiger partial charge in [-0.1, -0.05) is 54.5 Å². The van der Waals surface area contributed by atoms with E-state index in [1.807, 2.05) is 81.4 Å². The first kappa shape index (κ1) is 20.2. The van der Waals surface area contributed by atoms with Crippen molar-refractivity contribution >= 4 is 5.97 Å². The van der Waals surface area contributed by atoms with Crippen LogP contribution in [-0.4, -0.2) is 11.6 Å². The van der Waals surface area contributed by atoms with E-state index in [1.54, 1.807) is 12.1 Å². The fourth-order valence-electron chi connectivity index (χ4n) is 2.82. The zero-order valence-electron chi connectivity index (χ0n) is 16.9. The van der Waals surface area contributed by atoms with E-state index in [2.05, 4.69) is 5.92 Å². The van der Waals surface area contributed by atoms with Crippen LogP contribution in [0.3, 0.4) is 0 Å². The second-order valence-electron chi connectivity index (χ2n) is 7.71. The van der Waals surface area contributed by atoms with Crippen molar-refractivity contribution in [2.45, 2.75) is 33.0 Å². The van der Waals surface area contributed by atoms with Gasteiger partial charge in [-0.25, -0.2) is 4.79 Å². The van der Waals surface area contributed by atoms with Crippen LogP contribution in [0.4, 0.5) is 0 Å². The summed E-state index contributed by atoms with van der Waals surface area (Å²) in [6.45, 7) is 6.01. The molecule has 3 aromatic carbocycles. The van der Waals surface area contributed by atoms with Crippen LogP contribution in [0.1, 0.15) is 42.3 Å². The molecule has 3 heteroatoms. The maximum absolute atomic E-state index is 12.2. The van der Waals surface area contributed by atoms with Crippen molar-refractivity contribution < 1.29 is 14.3 Å². The van der Waals surface area contributed by atoms with Gasteiger partial charge in [0, 0.05) is 0 Å². The van der Waals surface area contributed by atoms with Gasteiger partial charge in [-0.2, -0.15) is 0 Å². The average molecular weight is 384 g/mol. The van der Waals surface area contributed by atoms with Crippen molar-refractivity contribution in [2.75, 3.05) is 0 Å². The quantitative estimate of drug-likeness (QED) is 0.408. The van der Waals surface area contributed by atoms with Gasteiger partial charge in [0.2, 0.25) is 0 Å². The maximum Gasteiger partial charge on any atom is 0.338 e. The molecule has 0 bridgehead atoms. The van der Waals surface area contributed by atoms with Crippen LogP contribution < -0.4 is 4.74 Å². The molecule has 0 spiro atoms. The molecule has 0 atom stereocenters. The minimum absolute atomic E-state index is 0.335. The van der Waals surface area contributed by atoms with E-state index >= 15 is 0 Å². The third-order valence-electron chi connectivity index (χ3n) is 4.23. The number of rotatable bonds is 5. The van der Waals surface area contributed by atoms with Crippen LogP contribution in [0.15, 0.2) is 72.8 Å². The fraction of sp³-hybridized carbons (Fsp3) is 0.192. The fourth-order valence-corrected chi connectivity index (χ4v) is 2.82. The molecule has 0 unspecified atom stereocenters. The van der Waals surface area contributed by atoms with Crippen LogP contribution >= 0.6 is 0 Å². The van der Waals surface area contributed by atoms with Crippen LogP contribution in [0.2, 0.25) is 0 Å². The summed E-state index contributed by atoms with van der Waals surface area (Å²) in [6, 6.07) is 23.0. The average Bonchev–Trinajstić information content (AvgIpc) is 2.72. The van der Waals surface area contributed by atoms with E-state index in [4.69, 9.17) is 15.9 Å². The summed E-state index contributed by atoms with van der Waals surface area (Å²) in [5, 5.41) is 0. The van der Waals surface area contributed by atoms with Crippen molar-refractivity contribution in [3.63, 3.8) is 0 Å². The number of ether oxygens (including phenoxy) is 2. The summed E-state index contributed by atoms with van der Waals surface area (Å²) >= 11 is 0. The molecule has 0 amide bonds. The molecule has 0 aliphatic rings. The van der Waals surface area contributed by atoms with Gasteiger partial charge in [0.1, 0.15) is 18.0 Å². The Morgan fingerprint density at radius 1 is 0.931 bits per heavy atom. The second-order valence-corrected chi connectivity index (χ2v) is 7.71. The van der Waals surface area contributed by atoms with E-state index in [9.17, 15) is 4.79 Å². The Kier molecular flexibility index (Phi) is 6.04. The summed E-state index contributed by atoms with van der Waals surface area (Å²) in [5.41, 5.74) is 3.69. The molecule has 0 aliphatic heterocycles. The highest BCUT2D eigenvalue weighted by atomic mass is 16.6. The predicted molar refractivity (Wildman–Crippen MR) is 116 cm³/mol. The highest BCUT2D eigenvalue weighted by Gasteiger charge is 2.17. The second kappa shape index (κ2) is 8.67. The van der Waals surface area contributed by atoms with E-state index in [0.717, 1.165) is 16.7 Å². The van der Waals surface area contributed by atoms with Crippen molar-refractivity contribution in [1.82, 2.24) is 0 Å². The van der Waals surface area contributed by atoms with Gasteiger partial charge in [-0.3, -0.25) is 0 Å². The largest absolute Gasteiger partial charge is 0.488 e. The number of hydrogen-bond acceptors (Lipinski definition) is 3. The Hall–Kier alpha value is -3.51. The molecule has 0 saturated heterocycles. The van der Waals surface area contributed by atoms with Crippen LogP contribution in [0.5, 0.6) is 5.75 Å². The predicted octanol–water partition coefficient (Wildman–Crippen LogP) is 5.87. The molecule has 146 valence electrons. The van der Waals surface area contributed by atoms with Crippen molar-refractivity contribution in [1.29, 1.82) is 0 Å². The van der Waals surface area contributed by atoms with Gasteiger partial charge in [0.05, 0.1) is 11.1 Å². The smallest absolute Gasteiger partial charge is 0.338 e. The molecule has 0 saturated carbocycles. The number of carbonyl (C=O) groups excluding carboxylic acids is 1. The first-order valence-electron chi connectivity index (χ1n) is 9.47. The zero-order valence-corrected chi connectivity index (χ0v) is 16.9. The number of carbonyl (C=O) groups is 1. The Balaban J connectivity index is 1.76. The SMILES string of the molecule is C#Cc1cc(-c2ccc(C(=O)OC(C)(C)C)cc2)ccc1OCc1ccccc1.